The summed E-state index contributed by atoms with van der Waals surface area (Å²) in [6, 6.07) is 10.6. The second-order valence-corrected chi connectivity index (χ2v) is 8.26. The van der Waals surface area contributed by atoms with Gasteiger partial charge in [0, 0.05) is 13.2 Å². The Kier molecular flexibility index (Phi) is 6.47. The predicted octanol–water partition coefficient (Wildman–Crippen LogP) is 4.64. The lowest BCUT2D eigenvalue weighted by Crippen LogP contribution is -2.20. The topological polar surface area (TPSA) is 43.6 Å². The van der Waals surface area contributed by atoms with Crippen molar-refractivity contribution in [3.8, 4) is 0 Å². The van der Waals surface area contributed by atoms with Crippen molar-refractivity contribution in [2.45, 2.75) is 47.6 Å². The molecule has 5 heteroatoms. The molecule has 0 spiro atoms. The maximum atomic E-state index is 12.7. The Morgan fingerprint density at radius 3 is 2.57 bits per heavy atom. The van der Waals surface area contributed by atoms with E-state index in [1.165, 1.54) is 11.1 Å². The van der Waals surface area contributed by atoms with Crippen LogP contribution in [0.1, 0.15) is 34.7 Å². The molecule has 1 amide bonds. The van der Waals surface area contributed by atoms with Gasteiger partial charge < -0.3 is 9.30 Å². The minimum Gasteiger partial charge on any atom is -0.380 e. The maximum absolute atomic E-state index is 12.7. The molecule has 0 bridgehead atoms. The quantitative estimate of drug-likeness (QED) is 0.570. The van der Waals surface area contributed by atoms with Gasteiger partial charge in [-0.3, -0.25) is 4.79 Å². The third kappa shape index (κ3) is 4.59. The third-order valence-electron chi connectivity index (χ3n) is 5.03. The molecule has 1 heterocycles. The maximum Gasteiger partial charge on any atom is 0.252 e. The van der Waals surface area contributed by atoms with E-state index >= 15 is 0 Å². The Morgan fingerprint density at radius 1 is 1.07 bits per heavy atom. The lowest BCUT2D eigenvalue weighted by molar-refractivity contribution is -0.117. The zero-order chi connectivity index (χ0) is 20.3. The first-order valence-electron chi connectivity index (χ1n) is 9.71. The number of amides is 1. The standard InChI is InChI=1S/C23H28N2O2S/c1-6-27-10-9-25-20-12-17(4)18(5)13-21(20)28-23(25)24-22(26)14-19-11-15(2)7-8-16(19)3/h7-8,11-13H,6,9-10,14H2,1-5H3. The minimum atomic E-state index is -0.112. The Morgan fingerprint density at radius 2 is 1.82 bits per heavy atom. The second kappa shape index (κ2) is 8.84. The molecule has 0 fully saturated rings. The van der Waals surface area contributed by atoms with Crippen LogP contribution < -0.4 is 4.80 Å². The normalized spacial score (nSPS) is 12.1. The van der Waals surface area contributed by atoms with Crippen molar-refractivity contribution < 1.29 is 9.53 Å². The highest BCUT2D eigenvalue weighted by Gasteiger charge is 2.11. The van der Waals surface area contributed by atoms with Crippen molar-refractivity contribution in [1.82, 2.24) is 4.57 Å². The first-order chi connectivity index (χ1) is 13.4. The zero-order valence-electron chi connectivity index (χ0n) is 17.3. The molecule has 3 rings (SSSR count). The van der Waals surface area contributed by atoms with E-state index < -0.39 is 0 Å². The van der Waals surface area contributed by atoms with Crippen LogP contribution in [0.2, 0.25) is 0 Å². The van der Waals surface area contributed by atoms with Crippen LogP contribution in [0.25, 0.3) is 10.2 Å². The Bertz CT molecular complexity index is 1080. The van der Waals surface area contributed by atoms with E-state index in [0.29, 0.717) is 26.2 Å². The summed E-state index contributed by atoms with van der Waals surface area (Å²) in [5.74, 6) is -0.112. The molecule has 28 heavy (non-hydrogen) atoms. The number of aromatic nitrogens is 1. The van der Waals surface area contributed by atoms with Crippen molar-refractivity contribution in [2.75, 3.05) is 13.2 Å². The van der Waals surface area contributed by atoms with E-state index in [1.54, 1.807) is 11.3 Å². The molecule has 0 unspecified atom stereocenters. The van der Waals surface area contributed by atoms with Gasteiger partial charge in [-0.25, -0.2) is 0 Å². The van der Waals surface area contributed by atoms with Crippen LogP contribution in [-0.2, 0) is 22.5 Å². The van der Waals surface area contributed by atoms with Crippen LogP contribution in [-0.4, -0.2) is 23.7 Å². The van der Waals surface area contributed by atoms with E-state index in [0.717, 1.165) is 31.7 Å². The van der Waals surface area contributed by atoms with Crippen molar-refractivity contribution in [3.63, 3.8) is 0 Å². The number of benzene rings is 2. The number of carbonyl (C=O) groups excluding carboxylic acids is 1. The molecule has 148 valence electrons. The zero-order valence-corrected chi connectivity index (χ0v) is 18.2. The lowest BCUT2D eigenvalue weighted by atomic mass is 10.0. The van der Waals surface area contributed by atoms with Gasteiger partial charge in [0.05, 0.1) is 23.2 Å². The highest BCUT2D eigenvalue weighted by atomic mass is 32.1. The summed E-state index contributed by atoms with van der Waals surface area (Å²) in [5, 5.41) is 0. The summed E-state index contributed by atoms with van der Waals surface area (Å²) in [6.45, 7) is 12.3. The van der Waals surface area contributed by atoms with Crippen molar-refractivity contribution in [2.24, 2.45) is 4.99 Å². The van der Waals surface area contributed by atoms with E-state index in [9.17, 15) is 4.79 Å². The summed E-state index contributed by atoms with van der Waals surface area (Å²) in [7, 11) is 0. The van der Waals surface area contributed by atoms with Gasteiger partial charge >= 0.3 is 0 Å². The molecule has 0 aliphatic carbocycles. The number of fused-ring (bicyclic) bond motifs is 1. The van der Waals surface area contributed by atoms with Crippen LogP contribution >= 0.6 is 11.3 Å². The molecule has 1 aromatic heterocycles. The Hall–Kier alpha value is -2.24. The molecule has 0 saturated heterocycles. The summed E-state index contributed by atoms with van der Waals surface area (Å²) in [5.41, 5.74) is 6.94. The molecular weight excluding hydrogens is 368 g/mol. The molecule has 2 aromatic carbocycles. The Labute approximate surface area is 170 Å². The highest BCUT2D eigenvalue weighted by molar-refractivity contribution is 7.16. The molecule has 0 atom stereocenters. The molecule has 4 nitrogen and oxygen atoms in total. The largest absolute Gasteiger partial charge is 0.380 e. The smallest absolute Gasteiger partial charge is 0.252 e. The second-order valence-electron chi connectivity index (χ2n) is 7.25. The van der Waals surface area contributed by atoms with Crippen LogP contribution in [0.5, 0.6) is 0 Å². The van der Waals surface area contributed by atoms with E-state index in [2.05, 4.69) is 53.7 Å². The monoisotopic (exact) mass is 396 g/mol. The number of aryl methyl sites for hydroxylation is 4. The van der Waals surface area contributed by atoms with Crippen LogP contribution in [0, 0.1) is 27.7 Å². The van der Waals surface area contributed by atoms with Crippen molar-refractivity contribution in [1.29, 1.82) is 0 Å². The van der Waals surface area contributed by atoms with Crippen LogP contribution in [0.3, 0.4) is 0 Å². The van der Waals surface area contributed by atoms with E-state index in [4.69, 9.17) is 4.74 Å². The number of hydrogen-bond donors (Lipinski definition) is 0. The fourth-order valence-electron chi connectivity index (χ4n) is 3.22. The van der Waals surface area contributed by atoms with E-state index in [1.807, 2.05) is 20.8 Å². The summed E-state index contributed by atoms with van der Waals surface area (Å²) in [6.07, 6.45) is 0.325. The van der Waals surface area contributed by atoms with Gasteiger partial charge in [-0.2, -0.15) is 4.99 Å². The first-order valence-corrected chi connectivity index (χ1v) is 10.5. The van der Waals surface area contributed by atoms with E-state index in [-0.39, 0.29) is 5.91 Å². The number of carbonyl (C=O) groups is 1. The van der Waals surface area contributed by atoms with Gasteiger partial charge in [-0.05, 0) is 69.0 Å². The van der Waals surface area contributed by atoms with Crippen LogP contribution in [0.4, 0.5) is 0 Å². The number of rotatable bonds is 6. The van der Waals surface area contributed by atoms with Crippen molar-refractivity contribution >= 4 is 27.5 Å². The summed E-state index contributed by atoms with van der Waals surface area (Å²) >= 11 is 1.57. The molecule has 3 aromatic rings. The Balaban J connectivity index is 2.00. The minimum absolute atomic E-state index is 0.112. The van der Waals surface area contributed by atoms with Gasteiger partial charge in [0.15, 0.2) is 4.80 Å². The van der Waals surface area contributed by atoms with Crippen LogP contribution in [0.15, 0.2) is 35.3 Å². The average molecular weight is 397 g/mol. The highest BCUT2D eigenvalue weighted by Crippen LogP contribution is 2.22. The lowest BCUT2D eigenvalue weighted by Gasteiger charge is -2.07. The predicted molar refractivity (Wildman–Crippen MR) is 116 cm³/mol. The summed E-state index contributed by atoms with van der Waals surface area (Å²) < 4.78 is 8.82. The molecule has 0 aliphatic heterocycles. The van der Waals surface area contributed by atoms with Gasteiger partial charge in [-0.1, -0.05) is 35.1 Å². The van der Waals surface area contributed by atoms with Gasteiger partial charge in [-0.15, -0.1) is 0 Å². The number of hydrogen-bond acceptors (Lipinski definition) is 3. The average Bonchev–Trinajstić information content (AvgIpc) is 2.95. The molecular formula is C23H28N2O2S. The van der Waals surface area contributed by atoms with Gasteiger partial charge in [0.1, 0.15) is 0 Å². The molecule has 0 saturated carbocycles. The molecule has 0 aliphatic rings. The fraction of sp³-hybridized carbons (Fsp3) is 0.391. The number of nitrogens with zero attached hydrogens (tertiary/aromatic N) is 2. The van der Waals surface area contributed by atoms with Gasteiger partial charge in [0.25, 0.3) is 5.91 Å². The molecule has 0 N–H and O–H groups in total. The SMILES string of the molecule is CCOCCn1c(=NC(=O)Cc2cc(C)ccc2C)sc2cc(C)c(C)cc21. The summed E-state index contributed by atoms with van der Waals surface area (Å²) in [4.78, 5) is 18.0. The first kappa shape index (κ1) is 20.5. The number of thiazole rings is 1. The van der Waals surface area contributed by atoms with Gasteiger partial charge in [0.2, 0.25) is 0 Å². The molecule has 0 radical (unpaired) electrons. The van der Waals surface area contributed by atoms with Crippen molar-refractivity contribution in [3.05, 3.63) is 63.0 Å². The number of ether oxygens (including phenoxy) is 1. The fourth-order valence-corrected chi connectivity index (χ4v) is 4.38. The third-order valence-corrected chi connectivity index (χ3v) is 6.07.